The molecule has 0 aromatic carbocycles. The van der Waals surface area contributed by atoms with E-state index in [4.69, 9.17) is 0 Å². The first-order valence-corrected chi connectivity index (χ1v) is 6.42. The summed E-state index contributed by atoms with van der Waals surface area (Å²) in [5.41, 5.74) is 0. The van der Waals surface area contributed by atoms with Gasteiger partial charge >= 0.3 is 6.03 Å². The molecule has 1 saturated carbocycles. The molecular formula is C12H24N2O2. The van der Waals surface area contributed by atoms with Crippen LogP contribution in [0.25, 0.3) is 0 Å². The van der Waals surface area contributed by atoms with Crippen LogP contribution >= 0.6 is 0 Å². The number of aliphatic hydroxyl groups excluding tert-OH is 1. The zero-order valence-corrected chi connectivity index (χ0v) is 10.2. The van der Waals surface area contributed by atoms with Crippen molar-refractivity contribution in [3.8, 4) is 0 Å². The van der Waals surface area contributed by atoms with Crippen LogP contribution in [0.4, 0.5) is 4.79 Å². The summed E-state index contributed by atoms with van der Waals surface area (Å²) in [4.78, 5) is 11.3. The molecule has 1 atom stereocenters. The van der Waals surface area contributed by atoms with Crippen LogP contribution < -0.4 is 10.6 Å². The van der Waals surface area contributed by atoms with E-state index >= 15 is 0 Å². The minimum absolute atomic E-state index is 0.158. The number of hydrogen-bond donors (Lipinski definition) is 3. The number of amides is 2. The maximum atomic E-state index is 11.3. The maximum Gasteiger partial charge on any atom is 0.314 e. The highest BCUT2D eigenvalue weighted by atomic mass is 16.3. The maximum absolute atomic E-state index is 11.3. The van der Waals surface area contributed by atoms with Gasteiger partial charge < -0.3 is 15.7 Å². The van der Waals surface area contributed by atoms with Crippen molar-refractivity contribution in [2.75, 3.05) is 13.1 Å². The molecule has 0 aromatic heterocycles. The van der Waals surface area contributed by atoms with Crippen molar-refractivity contribution >= 4 is 6.03 Å². The summed E-state index contributed by atoms with van der Waals surface area (Å²) in [6.45, 7) is 3.12. The van der Waals surface area contributed by atoms with Crippen molar-refractivity contribution in [3.05, 3.63) is 0 Å². The van der Waals surface area contributed by atoms with Crippen LogP contribution in [-0.4, -0.2) is 30.3 Å². The molecule has 0 radical (unpaired) electrons. The zero-order valence-electron chi connectivity index (χ0n) is 10.2. The summed E-state index contributed by atoms with van der Waals surface area (Å²) < 4.78 is 0. The smallest absolute Gasteiger partial charge is 0.314 e. The molecule has 94 valence electrons. The van der Waals surface area contributed by atoms with Crippen molar-refractivity contribution in [2.45, 2.75) is 51.6 Å². The Hall–Kier alpha value is -0.770. The van der Waals surface area contributed by atoms with E-state index in [-0.39, 0.29) is 6.03 Å². The Kier molecular flexibility index (Phi) is 6.23. The third-order valence-electron chi connectivity index (χ3n) is 3.18. The molecule has 16 heavy (non-hydrogen) atoms. The van der Waals surface area contributed by atoms with E-state index in [0.29, 0.717) is 6.54 Å². The van der Waals surface area contributed by atoms with Crippen LogP contribution in [0.2, 0.25) is 0 Å². The fourth-order valence-corrected chi connectivity index (χ4v) is 1.88. The molecule has 3 N–H and O–H groups in total. The minimum atomic E-state index is -0.414. The summed E-state index contributed by atoms with van der Waals surface area (Å²) in [5, 5.41) is 14.9. The predicted octanol–water partition coefficient (Wildman–Crippen LogP) is 1.64. The van der Waals surface area contributed by atoms with Crippen LogP contribution in [0.5, 0.6) is 0 Å². The Morgan fingerprint density at radius 1 is 1.44 bits per heavy atom. The van der Waals surface area contributed by atoms with Gasteiger partial charge in [0, 0.05) is 13.1 Å². The molecule has 0 bridgehead atoms. The summed E-state index contributed by atoms with van der Waals surface area (Å²) in [6, 6.07) is -0.158. The Morgan fingerprint density at radius 3 is 2.75 bits per heavy atom. The van der Waals surface area contributed by atoms with Crippen molar-refractivity contribution < 1.29 is 9.90 Å². The summed E-state index contributed by atoms with van der Waals surface area (Å²) in [6.07, 6.45) is 6.33. The third-order valence-corrected chi connectivity index (χ3v) is 3.18. The van der Waals surface area contributed by atoms with Gasteiger partial charge in [0.25, 0.3) is 0 Å². The van der Waals surface area contributed by atoms with E-state index < -0.39 is 6.10 Å². The summed E-state index contributed by atoms with van der Waals surface area (Å²) >= 11 is 0. The van der Waals surface area contributed by atoms with Gasteiger partial charge in [0.05, 0.1) is 6.10 Å². The summed E-state index contributed by atoms with van der Waals surface area (Å²) in [5.74, 6) is 0.825. The van der Waals surface area contributed by atoms with Gasteiger partial charge in [-0.2, -0.15) is 0 Å². The number of hydrogen-bond acceptors (Lipinski definition) is 2. The Bertz CT molecular complexity index is 205. The van der Waals surface area contributed by atoms with Crippen LogP contribution in [0.3, 0.4) is 0 Å². The molecule has 1 fully saturated rings. The first-order chi connectivity index (χ1) is 7.72. The molecule has 0 spiro atoms. The Balaban J connectivity index is 1.93. The monoisotopic (exact) mass is 228 g/mol. The second-order valence-electron chi connectivity index (χ2n) is 4.66. The highest BCUT2D eigenvalue weighted by Gasteiger charge is 2.16. The number of carbonyl (C=O) groups is 1. The lowest BCUT2D eigenvalue weighted by Crippen LogP contribution is -2.40. The predicted molar refractivity (Wildman–Crippen MR) is 64.3 cm³/mol. The van der Waals surface area contributed by atoms with Crippen LogP contribution in [-0.2, 0) is 0 Å². The topological polar surface area (TPSA) is 61.4 Å². The number of nitrogens with one attached hydrogen (secondary N) is 2. The fourth-order valence-electron chi connectivity index (χ4n) is 1.88. The molecule has 4 nitrogen and oxygen atoms in total. The van der Waals surface area contributed by atoms with Gasteiger partial charge in [0.1, 0.15) is 0 Å². The molecule has 1 unspecified atom stereocenters. The molecule has 4 heteroatoms. The zero-order chi connectivity index (χ0) is 11.8. The molecule has 1 aliphatic carbocycles. The van der Waals surface area contributed by atoms with Crippen LogP contribution in [0, 0.1) is 5.92 Å². The second kappa shape index (κ2) is 7.49. The van der Waals surface area contributed by atoms with Crippen molar-refractivity contribution in [3.63, 3.8) is 0 Å². The lowest BCUT2D eigenvalue weighted by Gasteiger charge is -2.25. The highest BCUT2D eigenvalue weighted by Crippen LogP contribution is 2.28. The van der Waals surface area contributed by atoms with E-state index in [1.165, 1.54) is 19.3 Å². The van der Waals surface area contributed by atoms with Crippen molar-refractivity contribution in [1.82, 2.24) is 10.6 Å². The van der Waals surface area contributed by atoms with E-state index in [1.807, 2.05) is 6.92 Å². The molecule has 0 heterocycles. The average Bonchev–Trinajstić information content (AvgIpc) is 2.19. The van der Waals surface area contributed by atoms with Gasteiger partial charge in [-0.1, -0.05) is 32.6 Å². The van der Waals surface area contributed by atoms with Gasteiger partial charge in [-0.05, 0) is 18.8 Å². The highest BCUT2D eigenvalue weighted by molar-refractivity contribution is 5.73. The standard InChI is InChI=1S/C12H24N2O2/c1-2-4-11(15)9-14-12(16)13-8-7-10-5-3-6-10/h10-11,15H,2-9H2,1H3,(H2,13,14,16). The third kappa shape index (κ3) is 5.35. The van der Waals surface area contributed by atoms with Crippen molar-refractivity contribution in [2.24, 2.45) is 5.92 Å². The average molecular weight is 228 g/mol. The number of carbonyl (C=O) groups excluding carboxylic acids is 1. The van der Waals surface area contributed by atoms with Gasteiger partial charge in [-0.15, -0.1) is 0 Å². The Morgan fingerprint density at radius 2 is 2.19 bits per heavy atom. The van der Waals surface area contributed by atoms with Crippen LogP contribution in [0.1, 0.15) is 45.4 Å². The second-order valence-corrected chi connectivity index (χ2v) is 4.66. The lowest BCUT2D eigenvalue weighted by atomic mass is 9.83. The molecular weight excluding hydrogens is 204 g/mol. The van der Waals surface area contributed by atoms with Gasteiger partial charge in [-0.25, -0.2) is 4.79 Å². The lowest BCUT2D eigenvalue weighted by molar-refractivity contribution is 0.160. The SMILES string of the molecule is CCCC(O)CNC(=O)NCCC1CCC1. The largest absolute Gasteiger partial charge is 0.391 e. The number of aliphatic hydroxyl groups is 1. The van der Waals surface area contributed by atoms with Gasteiger partial charge in [0.2, 0.25) is 0 Å². The number of rotatable bonds is 7. The molecule has 1 aliphatic rings. The van der Waals surface area contributed by atoms with E-state index in [9.17, 15) is 9.90 Å². The van der Waals surface area contributed by atoms with Gasteiger partial charge in [0.15, 0.2) is 0 Å². The van der Waals surface area contributed by atoms with E-state index in [1.54, 1.807) is 0 Å². The van der Waals surface area contributed by atoms with E-state index in [2.05, 4.69) is 10.6 Å². The minimum Gasteiger partial charge on any atom is -0.391 e. The first kappa shape index (κ1) is 13.3. The van der Waals surface area contributed by atoms with Crippen molar-refractivity contribution in [1.29, 1.82) is 0 Å². The van der Waals surface area contributed by atoms with Gasteiger partial charge in [-0.3, -0.25) is 0 Å². The molecule has 0 aromatic rings. The number of urea groups is 1. The quantitative estimate of drug-likeness (QED) is 0.620. The van der Waals surface area contributed by atoms with Crippen LogP contribution in [0.15, 0.2) is 0 Å². The molecule has 0 saturated heterocycles. The Labute approximate surface area is 97.8 Å². The summed E-state index contributed by atoms with van der Waals surface area (Å²) in [7, 11) is 0. The molecule has 0 aliphatic heterocycles. The fraction of sp³-hybridized carbons (Fsp3) is 0.917. The first-order valence-electron chi connectivity index (χ1n) is 6.42. The molecule has 2 amide bonds. The van der Waals surface area contributed by atoms with E-state index in [0.717, 1.165) is 31.7 Å². The molecule has 1 rings (SSSR count). The normalized spacial score (nSPS) is 17.6.